The van der Waals surface area contributed by atoms with Crippen molar-refractivity contribution in [1.82, 2.24) is 9.97 Å². The van der Waals surface area contributed by atoms with Gasteiger partial charge in [-0.15, -0.1) is 0 Å². The Morgan fingerprint density at radius 1 is 1.60 bits per heavy atom. The third-order valence-electron chi connectivity index (χ3n) is 1.01. The first-order chi connectivity index (χ1) is 4.70. The van der Waals surface area contributed by atoms with E-state index in [0.717, 1.165) is 6.33 Å². The van der Waals surface area contributed by atoms with E-state index < -0.39 is 0 Å². The lowest BCUT2D eigenvalue weighted by Crippen LogP contribution is -1.95. The Bertz CT molecular complexity index is 260. The van der Waals surface area contributed by atoms with Gasteiger partial charge in [-0.05, 0) is 0 Å². The van der Waals surface area contributed by atoms with Crippen molar-refractivity contribution in [1.29, 1.82) is 0 Å². The van der Waals surface area contributed by atoms with Gasteiger partial charge in [-0.1, -0.05) is 0 Å². The zero-order valence-electron chi connectivity index (χ0n) is 5.40. The van der Waals surface area contributed by atoms with Gasteiger partial charge in [-0.3, -0.25) is 4.79 Å². The number of carbonyl (C=O) groups excluding carboxylic acids is 1. The molecule has 4 nitrogen and oxygen atoms in total. The molecule has 1 rings (SSSR count). The summed E-state index contributed by atoms with van der Waals surface area (Å²) in [6.07, 6.45) is 1.14. The molecule has 0 unspecified atom stereocenters. The highest BCUT2D eigenvalue weighted by atomic mass is 16.3. The fourth-order valence-corrected chi connectivity index (χ4v) is 0.540. The van der Waals surface area contributed by atoms with Crippen molar-refractivity contribution in [3.63, 3.8) is 0 Å². The van der Waals surface area contributed by atoms with Gasteiger partial charge in [0, 0.05) is 13.0 Å². The quantitative estimate of drug-likeness (QED) is 0.570. The molecular weight excluding hydrogens is 132 g/mol. The van der Waals surface area contributed by atoms with Crippen LogP contribution >= 0.6 is 0 Å². The van der Waals surface area contributed by atoms with E-state index in [1.165, 1.54) is 13.0 Å². The summed E-state index contributed by atoms with van der Waals surface area (Å²) in [5, 5.41) is 8.76. The first-order valence-electron chi connectivity index (χ1n) is 2.72. The van der Waals surface area contributed by atoms with Crippen LogP contribution in [0.3, 0.4) is 0 Å². The molecule has 0 radical (unpaired) electrons. The number of Topliss-reactive ketones (excluding diaryl/α,β-unsaturated/α-hetero) is 1. The van der Waals surface area contributed by atoms with Crippen molar-refractivity contribution in [3.05, 3.63) is 18.1 Å². The zero-order chi connectivity index (χ0) is 7.56. The molecule has 0 fully saturated rings. The molecule has 0 bridgehead atoms. The van der Waals surface area contributed by atoms with Gasteiger partial charge in [0.25, 0.3) is 0 Å². The minimum atomic E-state index is -0.183. The fraction of sp³-hybridized carbons (Fsp3) is 0.167. The van der Waals surface area contributed by atoms with E-state index in [0.29, 0.717) is 0 Å². The van der Waals surface area contributed by atoms with Crippen molar-refractivity contribution in [3.8, 4) is 5.88 Å². The largest absolute Gasteiger partial charge is 0.493 e. The summed E-state index contributed by atoms with van der Waals surface area (Å²) in [4.78, 5) is 17.6. The summed E-state index contributed by atoms with van der Waals surface area (Å²) in [7, 11) is 0. The Hall–Kier alpha value is -1.45. The molecule has 1 aromatic rings. The van der Waals surface area contributed by atoms with Crippen molar-refractivity contribution in [2.45, 2.75) is 6.92 Å². The second-order valence-electron chi connectivity index (χ2n) is 1.82. The highest BCUT2D eigenvalue weighted by molar-refractivity contribution is 5.92. The molecule has 0 aromatic carbocycles. The van der Waals surface area contributed by atoms with E-state index in [1.54, 1.807) is 0 Å². The standard InChI is InChI=1S/C6H6N2O2/c1-4(9)5-2-6(10)8-3-7-5/h2-3H,1H3,(H,7,8,10). The number of aromatic nitrogens is 2. The molecule has 0 aliphatic heterocycles. The second-order valence-corrected chi connectivity index (χ2v) is 1.82. The van der Waals surface area contributed by atoms with Gasteiger partial charge in [0.15, 0.2) is 5.78 Å². The highest BCUT2D eigenvalue weighted by Gasteiger charge is 2.00. The lowest BCUT2D eigenvalue weighted by molar-refractivity contribution is 0.101. The Morgan fingerprint density at radius 3 is 2.70 bits per heavy atom. The monoisotopic (exact) mass is 138 g/mol. The maximum Gasteiger partial charge on any atom is 0.214 e. The van der Waals surface area contributed by atoms with Crippen LogP contribution in [0.15, 0.2) is 12.4 Å². The lowest BCUT2D eigenvalue weighted by Gasteiger charge is -1.92. The van der Waals surface area contributed by atoms with Crippen LogP contribution in [0.1, 0.15) is 17.4 Å². The van der Waals surface area contributed by atoms with Crippen LogP contribution < -0.4 is 0 Å². The molecule has 0 aliphatic carbocycles. The minimum Gasteiger partial charge on any atom is -0.493 e. The smallest absolute Gasteiger partial charge is 0.214 e. The molecule has 0 spiro atoms. The van der Waals surface area contributed by atoms with E-state index in [2.05, 4.69) is 9.97 Å². The maximum atomic E-state index is 10.6. The second kappa shape index (κ2) is 2.43. The minimum absolute atomic E-state index is 0.180. The number of rotatable bonds is 1. The molecule has 0 amide bonds. The van der Waals surface area contributed by atoms with Crippen LogP contribution in [0, 0.1) is 0 Å². The molecule has 52 valence electrons. The molecule has 0 saturated carbocycles. The molecular formula is C6H6N2O2. The Balaban J connectivity index is 3.07. The molecule has 0 atom stereocenters. The summed E-state index contributed by atoms with van der Waals surface area (Å²) >= 11 is 0. The molecule has 1 N–H and O–H groups in total. The lowest BCUT2D eigenvalue weighted by atomic mass is 10.3. The van der Waals surface area contributed by atoms with Gasteiger partial charge in [0.05, 0.1) is 0 Å². The SMILES string of the molecule is CC(=O)c1cc(O)ncn1. The third-order valence-corrected chi connectivity index (χ3v) is 1.01. The van der Waals surface area contributed by atoms with E-state index in [9.17, 15) is 4.79 Å². The normalized spacial score (nSPS) is 9.30. The van der Waals surface area contributed by atoms with Crippen LogP contribution in [0.25, 0.3) is 0 Å². The number of aromatic hydroxyl groups is 1. The van der Waals surface area contributed by atoms with Crippen LogP contribution in [0.5, 0.6) is 5.88 Å². The van der Waals surface area contributed by atoms with E-state index in [-0.39, 0.29) is 17.4 Å². The van der Waals surface area contributed by atoms with E-state index >= 15 is 0 Å². The Morgan fingerprint density at radius 2 is 2.30 bits per heavy atom. The predicted molar refractivity (Wildman–Crippen MR) is 33.7 cm³/mol. The van der Waals surface area contributed by atoms with Gasteiger partial charge >= 0.3 is 0 Å². The van der Waals surface area contributed by atoms with Crippen LogP contribution in [-0.2, 0) is 0 Å². The summed E-state index contributed by atoms with van der Waals surface area (Å²) in [5.41, 5.74) is 0.229. The number of hydrogen-bond acceptors (Lipinski definition) is 4. The van der Waals surface area contributed by atoms with Crippen LogP contribution in [0.2, 0.25) is 0 Å². The molecule has 10 heavy (non-hydrogen) atoms. The number of hydrogen-bond donors (Lipinski definition) is 1. The topological polar surface area (TPSA) is 63.1 Å². The fourth-order valence-electron chi connectivity index (χ4n) is 0.540. The number of nitrogens with zero attached hydrogens (tertiary/aromatic N) is 2. The third kappa shape index (κ3) is 1.28. The van der Waals surface area contributed by atoms with Gasteiger partial charge in [0.1, 0.15) is 12.0 Å². The summed E-state index contributed by atoms with van der Waals surface area (Å²) < 4.78 is 0. The van der Waals surface area contributed by atoms with Crippen LogP contribution in [0.4, 0.5) is 0 Å². The molecule has 0 saturated heterocycles. The summed E-state index contributed by atoms with van der Waals surface area (Å²) in [6, 6.07) is 1.22. The van der Waals surface area contributed by atoms with Crippen molar-refractivity contribution in [2.24, 2.45) is 0 Å². The Labute approximate surface area is 57.6 Å². The summed E-state index contributed by atoms with van der Waals surface area (Å²) in [6.45, 7) is 1.38. The molecule has 1 aromatic heterocycles. The molecule has 4 heteroatoms. The first-order valence-corrected chi connectivity index (χ1v) is 2.72. The molecule has 0 aliphatic rings. The van der Waals surface area contributed by atoms with Gasteiger partial charge in [-0.25, -0.2) is 9.97 Å². The van der Waals surface area contributed by atoms with E-state index in [1.807, 2.05) is 0 Å². The highest BCUT2D eigenvalue weighted by Crippen LogP contribution is 2.03. The summed E-state index contributed by atoms with van der Waals surface area (Å²) in [5.74, 6) is -0.363. The first kappa shape index (κ1) is 6.67. The molecule has 1 heterocycles. The predicted octanol–water partition coefficient (Wildman–Crippen LogP) is 0.385. The average molecular weight is 138 g/mol. The number of carbonyl (C=O) groups is 1. The van der Waals surface area contributed by atoms with Crippen LogP contribution in [-0.4, -0.2) is 20.9 Å². The van der Waals surface area contributed by atoms with Crippen molar-refractivity contribution < 1.29 is 9.90 Å². The van der Waals surface area contributed by atoms with Gasteiger partial charge in [0.2, 0.25) is 5.88 Å². The Kier molecular flexibility index (Phi) is 1.62. The maximum absolute atomic E-state index is 10.6. The van der Waals surface area contributed by atoms with Gasteiger partial charge < -0.3 is 5.11 Å². The van der Waals surface area contributed by atoms with E-state index in [4.69, 9.17) is 5.11 Å². The van der Waals surface area contributed by atoms with Crippen molar-refractivity contribution >= 4 is 5.78 Å². The number of ketones is 1. The average Bonchev–Trinajstić information content (AvgIpc) is 1.88. The zero-order valence-corrected chi connectivity index (χ0v) is 5.40. The van der Waals surface area contributed by atoms with Crippen molar-refractivity contribution in [2.75, 3.05) is 0 Å². The van der Waals surface area contributed by atoms with Gasteiger partial charge in [-0.2, -0.15) is 0 Å².